The van der Waals surface area contributed by atoms with Gasteiger partial charge in [-0.05, 0) is 39.5 Å². The summed E-state index contributed by atoms with van der Waals surface area (Å²) in [4.78, 5) is 48.2. The number of nitrogens with one attached hydrogen (secondary N) is 2. The first-order valence-electron chi connectivity index (χ1n) is 8.50. The van der Waals surface area contributed by atoms with Gasteiger partial charge in [0.2, 0.25) is 5.91 Å². The van der Waals surface area contributed by atoms with E-state index >= 15 is 0 Å². The minimum atomic E-state index is -1.27. The van der Waals surface area contributed by atoms with Gasteiger partial charge >= 0.3 is 18.0 Å². The van der Waals surface area contributed by atoms with Crippen molar-refractivity contribution in [3.05, 3.63) is 0 Å². The van der Waals surface area contributed by atoms with Crippen LogP contribution in [0.4, 0.5) is 4.79 Å². The average Bonchev–Trinajstić information content (AvgIpc) is 3.18. The van der Waals surface area contributed by atoms with E-state index in [1.54, 1.807) is 20.8 Å². The zero-order valence-corrected chi connectivity index (χ0v) is 15.7. The van der Waals surface area contributed by atoms with E-state index in [1.807, 2.05) is 0 Å². The Morgan fingerprint density at radius 3 is 2.31 bits per heavy atom. The molecule has 2 saturated carbocycles. The Bertz CT molecular complexity index is 613. The molecule has 0 spiro atoms. The van der Waals surface area contributed by atoms with Crippen molar-refractivity contribution in [2.24, 2.45) is 17.8 Å². The molecule has 9 nitrogen and oxygen atoms in total. The van der Waals surface area contributed by atoms with E-state index in [4.69, 9.17) is 14.2 Å². The van der Waals surface area contributed by atoms with Crippen molar-refractivity contribution in [3.8, 4) is 0 Å². The summed E-state index contributed by atoms with van der Waals surface area (Å²) in [5, 5.41) is 5.01. The fraction of sp³-hybridized carbons (Fsp3) is 0.765. The highest BCUT2D eigenvalue weighted by molar-refractivity contribution is 5.93. The lowest BCUT2D eigenvalue weighted by molar-refractivity contribution is -0.153. The molecule has 2 amide bonds. The number of carbonyl (C=O) groups excluding carboxylic acids is 4. The molecule has 0 aromatic rings. The van der Waals surface area contributed by atoms with Crippen molar-refractivity contribution in [1.82, 2.24) is 10.6 Å². The van der Waals surface area contributed by atoms with Gasteiger partial charge in [-0.15, -0.1) is 0 Å². The van der Waals surface area contributed by atoms with E-state index in [2.05, 4.69) is 10.6 Å². The molecular formula is C17H26N2O7. The van der Waals surface area contributed by atoms with E-state index in [0.29, 0.717) is 12.8 Å². The molecule has 0 radical (unpaired) electrons. The Hall–Kier alpha value is -2.32. The van der Waals surface area contributed by atoms with E-state index in [-0.39, 0.29) is 18.4 Å². The van der Waals surface area contributed by atoms with Gasteiger partial charge in [0, 0.05) is 5.92 Å². The molecule has 0 aromatic heterocycles. The van der Waals surface area contributed by atoms with E-state index < -0.39 is 41.0 Å². The summed E-state index contributed by atoms with van der Waals surface area (Å²) in [6.07, 6.45) is 0.253. The summed E-state index contributed by atoms with van der Waals surface area (Å²) in [7, 11) is 2.53. The number of carbonyl (C=O) groups is 4. The van der Waals surface area contributed by atoms with Crippen LogP contribution in [0.1, 0.15) is 33.6 Å². The zero-order valence-electron chi connectivity index (χ0n) is 15.7. The highest BCUT2D eigenvalue weighted by atomic mass is 16.6. The summed E-state index contributed by atoms with van der Waals surface area (Å²) < 4.78 is 14.7. The van der Waals surface area contributed by atoms with Crippen LogP contribution in [-0.4, -0.2) is 55.8 Å². The van der Waals surface area contributed by atoms with Gasteiger partial charge in [0.25, 0.3) is 0 Å². The van der Waals surface area contributed by atoms with Gasteiger partial charge in [0.1, 0.15) is 17.7 Å². The van der Waals surface area contributed by atoms with Gasteiger partial charge in [0.05, 0.1) is 20.1 Å². The molecule has 2 aliphatic carbocycles. The zero-order chi connectivity index (χ0) is 19.7. The molecule has 2 fully saturated rings. The second-order valence-corrected chi connectivity index (χ2v) is 7.64. The summed E-state index contributed by atoms with van der Waals surface area (Å²) in [6, 6.07) is 0. The van der Waals surface area contributed by atoms with Crippen LogP contribution in [0.25, 0.3) is 0 Å². The van der Waals surface area contributed by atoms with Crippen LogP contribution in [0, 0.1) is 17.8 Å². The predicted molar refractivity (Wildman–Crippen MR) is 88.8 cm³/mol. The maximum Gasteiger partial charge on any atom is 0.408 e. The van der Waals surface area contributed by atoms with Gasteiger partial charge < -0.3 is 24.8 Å². The minimum Gasteiger partial charge on any atom is -0.469 e. The largest absolute Gasteiger partial charge is 0.469 e. The lowest BCUT2D eigenvalue weighted by Crippen LogP contribution is -2.58. The number of methoxy groups -OCH3 is 2. The van der Waals surface area contributed by atoms with Crippen molar-refractivity contribution in [1.29, 1.82) is 0 Å². The molecule has 0 aromatic carbocycles. The number of esters is 2. The third kappa shape index (κ3) is 3.91. The molecule has 0 saturated heterocycles. The molecular weight excluding hydrogens is 344 g/mol. The van der Waals surface area contributed by atoms with Crippen molar-refractivity contribution in [3.63, 3.8) is 0 Å². The Morgan fingerprint density at radius 1 is 1.12 bits per heavy atom. The normalized spacial score (nSPS) is 29.2. The Morgan fingerprint density at radius 2 is 1.77 bits per heavy atom. The number of alkyl carbamates (subject to hydrolysis) is 1. The van der Waals surface area contributed by atoms with Crippen LogP contribution in [0.5, 0.6) is 0 Å². The molecule has 0 heterocycles. The number of rotatable bonds is 5. The molecule has 26 heavy (non-hydrogen) atoms. The monoisotopic (exact) mass is 370 g/mol. The van der Waals surface area contributed by atoms with Gasteiger partial charge in [0.15, 0.2) is 0 Å². The first kappa shape index (κ1) is 20.0. The molecule has 0 aliphatic heterocycles. The summed E-state index contributed by atoms with van der Waals surface area (Å²) in [5.41, 5.74) is -1.96. The molecule has 0 bridgehead atoms. The third-order valence-corrected chi connectivity index (χ3v) is 4.79. The Kier molecular flexibility index (Phi) is 5.48. The first-order chi connectivity index (χ1) is 12.1. The van der Waals surface area contributed by atoms with Gasteiger partial charge in [-0.3, -0.25) is 9.59 Å². The molecule has 146 valence electrons. The Balaban J connectivity index is 2.01. The molecule has 9 heteroatoms. The van der Waals surface area contributed by atoms with E-state index in [1.165, 1.54) is 14.2 Å². The minimum absolute atomic E-state index is 0.0133. The third-order valence-electron chi connectivity index (χ3n) is 4.79. The second-order valence-electron chi connectivity index (χ2n) is 7.64. The molecule has 0 unspecified atom stereocenters. The topological polar surface area (TPSA) is 120 Å². The molecule has 2 N–H and O–H groups in total. The van der Waals surface area contributed by atoms with Crippen LogP contribution < -0.4 is 10.6 Å². The predicted octanol–water partition coefficient (Wildman–Crippen LogP) is 0.368. The smallest absolute Gasteiger partial charge is 0.408 e. The van der Waals surface area contributed by atoms with Crippen LogP contribution >= 0.6 is 0 Å². The highest BCUT2D eigenvalue weighted by Gasteiger charge is 2.72. The maximum atomic E-state index is 12.4. The number of hydrogen-bond donors (Lipinski definition) is 2. The lowest BCUT2D eigenvalue weighted by atomic mass is 9.90. The van der Waals surface area contributed by atoms with Crippen molar-refractivity contribution < 1.29 is 33.4 Å². The quantitative estimate of drug-likeness (QED) is 0.530. The standard InChI is InChI=1S/C17H26N2O7/c1-16(2,3)26-15(23)18-8-10(20)19-17(14(22)25-5)7-6-9-11(12(9)17)13(21)24-4/h9,11-12H,6-8H2,1-5H3,(H,18,23)(H,19,20)/t9-,11-,12-,17-/m0/s1. The van der Waals surface area contributed by atoms with Crippen LogP contribution in [-0.2, 0) is 28.6 Å². The molecule has 2 rings (SSSR count). The Labute approximate surface area is 152 Å². The SMILES string of the molecule is COC(=O)[C@H]1[C@@H]2CC[C@@](NC(=O)CNC(=O)OC(C)(C)C)(C(=O)OC)[C@@H]21. The van der Waals surface area contributed by atoms with Crippen molar-refractivity contribution >= 4 is 23.9 Å². The number of hydrogen-bond acceptors (Lipinski definition) is 7. The number of amides is 2. The van der Waals surface area contributed by atoms with Crippen LogP contribution in [0.2, 0.25) is 0 Å². The molecule has 4 atom stereocenters. The summed E-state index contributed by atoms with van der Waals surface area (Å²) in [6.45, 7) is 4.76. The lowest BCUT2D eigenvalue weighted by Gasteiger charge is -2.30. The first-order valence-corrected chi connectivity index (χ1v) is 8.50. The fourth-order valence-corrected chi connectivity index (χ4v) is 3.80. The number of fused-ring (bicyclic) bond motifs is 1. The summed E-state index contributed by atoms with van der Waals surface area (Å²) >= 11 is 0. The van der Waals surface area contributed by atoms with Gasteiger partial charge in [-0.25, -0.2) is 9.59 Å². The van der Waals surface area contributed by atoms with Crippen molar-refractivity contribution in [2.75, 3.05) is 20.8 Å². The fourth-order valence-electron chi connectivity index (χ4n) is 3.80. The van der Waals surface area contributed by atoms with Gasteiger partial charge in [-0.2, -0.15) is 0 Å². The summed E-state index contributed by atoms with van der Waals surface area (Å²) in [5.74, 6) is -2.34. The van der Waals surface area contributed by atoms with Gasteiger partial charge in [-0.1, -0.05) is 0 Å². The maximum absolute atomic E-state index is 12.4. The van der Waals surface area contributed by atoms with Crippen LogP contribution in [0.3, 0.4) is 0 Å². The number of ether oxygens (including phenoxy) is 3. The van der Waals surface area contributed by atoms with E-state index in [0.717, 1.165) is 0 Å². The highest BCUT2D eigenvalue weighted by Crippen LogP contribution is 2.62. The average molecular weight is 370 g/mol. The molecule has 2 aliphatic rings. The van der Waals surface area contributed by atoms with E-state index in [9.17, 15) is 19.2 Å². The second kappa shape index (κ2) is 7.13. The van der Waals surface area contributed by atoms with Crippen LogP contribution in [0.15, 0.2) is 0 Å². The van der Waals surface area contributed by atoms with Crippen molar-refractivity contribution in [2.45, 2.75) is 44.8 Å².